The SMILES string of the molecule is CC.CC(=O)NCc1ccc(OC(C)=O)c(F)c1. The summed E-state index contributed by atoms with van der Waals surface area (Å²) in [5, 5.41) is 2.54. The van der Waals surface area contributed by atoms with Crippen molar-refractivity contribution in [1.29, 1.82) is 0 Å². The van der Waals surface area contributed by atoms with E-state index in [9.17, 15) is 14.0 Å². The smallest absolute Gasteiger partial charge is 0.308 e. The first kappa shape index (κ1) is 16.1. The van der Waals surface area contributed by atoms with Gasteiger partial charge in [0.1, 0.15) is 0 Å². The van der Waals surface area contributed by atoms with Gasteiger partial charge in [0.05, 0.1) is 0 Å². The highest BCUT2D eigenvalue weighted by Crippen LogP contribution is 2.18. The number of hydrogen-bond acceptors (Lipinski definition) is 3. The number of amides is 1. The van der Waals surface area contributed by atoms with Gasteiger partial charge in [0.2, 0.25) is 5.91 Å². The van der Waals surface area contributed by atoms with Crippen molar-refractivity contribution in [2.24, 2.45) is 0 Å². The summed E-state index contributed by atoms with van der Waals surface area (Å²) in [7, 11) is 0. The molecule has 1 amide bonds. The summed E-state index contributed by atoms with van der Waals surface area (Å²) in [6.45, 7) is 6.82. The summed E-state index contributed by atoms with van der Waals surface area (Å²) in [4.78, 5) is 21.3. The van der Waals surface area contributed by atoms with Crippen LogP contribution in [0.4, 0.5) is 4.39 Å². The van der Waals surface area contributed by atoms with Crippen LogP contribution in [0.5, 0.6) is 5.75 Å². The molecule has 1 aromatic carbocycles. The molecule has 1 N–H and O–H groups in total. The standard InChI is InChI=1S/C11H12FNO3.C2H6/c1-7(14)13-6-9-3-4-11(10(12)5-9)16-8(2)15;1-2/h3-5H,6H2,1-2H3,(H,13,14);1-2H3. The summed E-state index contributed by atoms with van der Waals surface area (Å²) in [5.74, 6) is -1.50. The molecule has 1 rings (SSSR count). The molecule has 0 saturated heterocycles. The average molecular weight is 255 g/mol. The lowest BCUT2D eigenvalue weighted by molar-refractivity contribution is -0.132. The Bertz CT molecular complexity index is 419. The van der Waals surface area contributed by atoms with Gasteiger partial charge in [-0.25, -0.2) is 4.39 Å². The van der Waals surface area contributed by atoms with Crippen molar-refractivity contribution >= 4 is 11.9 Å². The summed E-state index contributed by atoms with van der Waals surface area (Å²) >= 11 is 0. The van der Waals surface area contributed by atoms with Gasteiger partial charge in [-0.3, -0.25) is 9.59 Å². The maximum atomic E-state index is 13.3. The van der Waals surface area contributed by atoms with E-state index in [4.69, 9.17) is 0 Å². The number of nitrogens with one attached hydrogen (secondary N) is 1. The highest BCUT2D eigenvalue weighted by atomic mass is 19.1. The molecule has 0 saturated carbocycles. The first-order valence-electron chi connectivity index (χ1n) is 5.70. The molecule has 0 fully saturated rings. The topological polar surface area (TPSA) is 55.4 Å². The minimum atomic E-state index is -0.627. The van der Waals surface area contributed by atoms with E-state index < -0.39 is 11.8 Å². The molecule has 0 aliphatic carbocycles. The van der Waals surface area contributed by atoms with E-state index in [0.717, 1.165) is 0 Å². The molecule has 18 heavy (non-hydrogen) atoms. The summed E-state index contributed by atoms with van der Waals surface area (Å²) < 4.78 is 18.0. The zero-order valence-corrected chi connectivity index (χ0v) is 11.0. The monoisotopic (exact) mass is 255 g/mol. The molecule has 0 aliphatic heterocycles. The number of rotatable bonds is 3. The van der Waals surface area contributed by atoms with Crippen molar-refractivity contribution in [3.05, 3.63) is 29.6 Å². The molecule has 0 aliphatic rings. The van der Waals surface area contributed by atoms with Gasteiger partial charge in [0.15, 0.2) is 11.6 Å². The minimum Gasteiger partial charge on any atom is -0.424 e. The third kappa shape index (κ3) is 5.98. The lowest BCUT2D eigenvalue weighted by atomic mass is 10.2. The number of benzene rings is 1. The normalized spacial score (nSPS) is 8.94. The van der Waals surface area contributed by atoms with Gasteiger partial charge in [-0.15, -0.1) is 0 Å². The van der Waals surface area contributed by atoms with E-state index in [-0.39, 0.29) is 18.2 Å². The molecule has 0 unspecified atom stereocenters. The van der Waals surface area contributed by atoms with Crippen molar-refractivity contribution in [3.63, 3.8) is 0 Å². The third-order valence-corrected chi connectivity index (χ3v) is 1.79. The number of carbonyl (C=O) groups excluding carboxylic acids is 2. The predicted molar refractivity (Wildman–Crippen MR) is 66.6 cm³/mol. The Balaban J connectivity index is 0.00000137. The third-order valence-electron chi connectivity index (χ3n) is 1.79. The Kier molecular flexibility index (Phi) is 7.35. The maximum absolute atomic E-state index is 13.3. The Morgan fingerprint density at radius 2 is 1.89 bits per heavy atom. The van der Waals surface area contributed by atoms with Crippen molar-refractivity contribution < 1.29 is 18.7 Å². The second kappa shape index (κ2) is 8.22. The lowest BCUT2D eigenvalue weighted by Gasteiger charge is -2.06. The molecule has 5 heteroatoms. The molecule has 0 radical (unpaired) electrons. The van der Waals surface area contributed by atoms with E-state index in [0.29, 0.717) is 5.56 Å². The molecule has 4 nitrogen and oxygen atoms in total. The van der Waals surface area contributed by atoms with Crippen LogP contribution >= 0.6 is 0 Å². The largest absolute Gasteiger partial charge is 0.424 e. The fourth-order valence-electron chi connectivity index (χ4n) is 1.12. The van der Waals surface area contributed by atoms with Crippen LogP contribution in [-0.2, 0) is 16.1 Å². The molecule has 0 bridgehead atoms. The summed E-state index contributed by atoms with van der Waals surface area (Å²) in [6.07, 6.45) is 0. The molecule has 0 spiro atoms. The van der Waals surface area contributed by atoms with Crippen LogP contribution in [0.3, 0.4) is 0 Å². The zero-order chi connectivity index (χ0) is 14.1. The fraction of sp³-hybridized carbons (Fsp3) is 0.385. The van der Waals surface area contributed by atoms with E-state index in [2.05, 4.69) is 10.1 Å². The van der Waals surface area contributed by atoms with Crippen LogP contribution in [-0.4, -0.2) is 11.9 Å². The maximum Gasteiger partial charge on any atom is 0.308 e. The van der Waals surface area contributed by atoms with Gasteiger partial charge in [-0.2, -0.15) is 0 Å². The zero-order valence-electron chi connectivity index (χ0n) is 11.0. The van der Waals surface area contributed by atoms with Gasteiger partial charge in [0.25, 0.3) is 0 Å². The number of hydrogen-bond donors (Lipinski definition) is 1. The van der Waals surface area contributed by atoms with E-state index >= 15 is 0 Å². The predicted octanol–water partition coefficient (Wildman–Crippen LogP) is 2.41. The molecule has 100 valence electrons. The second-order valence-corrected chi connectivity index (χ2v) is 3.27. The lowest BCUT2D eigenvalue weighted by Crippen LogP contribution is -2.19. The van der Waals surface area contributed by atoms with Gasteiger partial charge in [-0.05, 0) is 17.7 Å². The van der Waals surface area contributed by atoms with Gasteiger partial charge in [0, 0.05) is 20.4 Å². The van der Waals surface area contributed by atoms with Crippen LogP contribution < -0.4 is 10.1 Å². The first-order chi connectivity index (χ1) is 8.49. The van der Waals surface area contributed by atoms with E-state index in [1.54, 1.807) is 6.07 Å². The number of ether oxygens (including phenoxy) is 1. The van der Waals surface area contributed by atoms with Gasteiger partial charge >= 0.3 is 5.97 Å². The first-order valence-corrected chi connectivity index (χ1v) is 5.70. The molecule has 0 atom stereocenters. The van der Waals surface area contributed by atoms with E-state index in [1.807, 2.05) is 13.8 Å². The van der Waals surface area contributed by atoms with Crippen LogP contribution in [0.15, 0.2) is 18.2 Å². The van der Waals surface area contributed by atoms with Gasteiger partial charge < -0.3 is 10.1 Å². The summed E-state index contributed by atoms with van der Waals surface area (Å²) in [5.41, 5.74) is 0.601. The number of halogens is 1. The van der Waals surface area contributed by atoms with Crippen LogP contribution in [0.2, 0.25) is 0 Å². The minimum absolute atomic E-state index is 0.112. The highest BCUT2D eigenvalue weighted by molar-refractivity contribution is 5.72. The molecule has 0 aromatic heterocycles. The Labute approximate surface area is 106 Å². The Morgan fingerprint density at radius 1 is 1.28 bits per heavy atom. The van der Waals surface area contributed by atoms with E-state index in [1.165, 1.54) is 26.0 Å². The number of carbonyl (C=O) groups is 2. The van der Waals surface area contributed by atoms with Crippen molar-refractivity contribution in [3.8, 4) is 5.75 Å². The molecular formula is C13H18FNO3. The second-order valence-electron chi connectivity index (χ2n) is 3.27. The van der Waals surface area contributed by atoms with Crippen molar-refractivity contribution in [2.45, 2.75) is 34.2 Å². The van der Waals surface area contributed by atoms with Crippen molar-refractivity contribution in [1.82, 2.24) is 5.32 Å². The summed E-state index contributed by atoms with van der Waals surface area (Å²) in [6, 6.07) is 4.15. The van der Waals surface area contributed by atoms with Crippen LogP contribution in [0, 0.1) is 5.82 Å². The molecule has 0 heterocycles. The van der Waals surface area contributed by atoms with Crippen LogP contribution in [0.1, 0.15) is 33.3 Å². The van der Waals surface area contributed by atoms with Gasteiger partial charge in [-0.1, -0.05) is 19.9 Å². The highest BCUT2D eigenvalue weighted by Gasteiger charge is 2.07. The quantitative estimate of drug-likeness (QED) is 0.666. The Hall–Kier alpha value is -1.91. The fourth-order valence-corrected chi connectivity index (χ4v) is 1.12. The average Bonchev–Trinajstić information content (AvgIpc) is 2.32. The molecular weight excluding hydrogens is 237 g/mol. The van der Waals surface area contributed by atoms with Crippen molar-refractivity contribution in [2.75, 3.05) is 0 Å². The number of esters is 1. The molecule has 1 aromatic rings. The van der Waals surface area contributed by atoms with Crippen LogP contribution in [0.25, 0.3) is 0 Å². The Morgan fingerprint density at radius 3 is 2.33 bits per heavy atom.